The Kier molecular flexibility index (Phi) is 2.64. The van der Waals surface area contributed by atoms with Gasteiger partial charge in [0.05, 0.1) is 11.1 Å². The van der Waals surface area contributed by atoms with Gasteiger partial charge in [-0.15, -0.1) is 0 Å². The second kappa shape index (κ2) is 3.57. The van der Waals surface area contributed by atoms with Crippen LogP contribution in [0.15, 0.2) is 6.20 Å². The zero-order valence-electron chi connectivity index (χ0n) is 7.42. The highest BCUT2D eigenvalue weighted by Gasteiger charge is 2.22. The summed E-state index contributed by atoms with van der Waals surface area (Å²) in [6.07, 6.45) is -1.62. The number of primary amides is 1. The minimum absolute atomic E-state index is 0.243. The number of nitrogens with two attached hydrogens (primary N) is 2. The minimum atomic E-state index is -2.86. The van der Waals surface area contributed by atoms with Crippen molar-refractivity contribution >= 4 is 11.7 Å². The van der Waals surface area contributed by atoms with Crippen molar-refractivity contribution in [2.75, 3.05) is 5.73 Å². The molecule has 4 N–H and O–H groups in total. The van der Waals surface area contributed by atoms with Crippen molar-refractivity contribution in [1.29, 1.82) is 0 Å². The highest BCUT2D eigenvalue weighted by molar-refractivity contribution is 5.96. The zero-order valence-corrected chi connectivity index (χ0v) is 7.42. The molecule has 76 valence electrons. The third-order valence-corrected chi connectivity index (χ3v) is 1.80. The van der Waals surface area contributed by atoms with Gasteiger partial charge >= 0.3 is 0 Å². The molecule has 1 aromatic heterocycles. The van der Waals surface area contributed by atoms with Gasteiger partial charge in [0, 0.05) is 6.20 Å². The Bertz CT molecular complexity index is 379. The number of nitrogen functional groups attached to an aromatic ring is 1. The number of carbonyl (C=O) groups excluding carboxylic acids is 1. The number of pyridine rings is 1. The van der Waals surface area contributed by atoms with Gasteiger partial charge in [0.1, 0.15) is 5.82 Å². The number of nitrogens with zero attached hydrogens (tertiary/aromatic N) is 1. The van der Waals surface area contributed by atoms with E-state index in [0.29, 0.717) is 5.56 Å². The number of aromatic nitrogens is 1. The first-order valence-electron chi connectivity index (χ1n) is 3.78. The fourth-order valence-corrected chi connectivity index (χ4v) is 1.19. The summed E-state index contributed by atoms with van der Waals surface area (Å²) in [6, 6.07) is 0. The van der Waals surface area contributed by atoms with Crippen molar-refractivity contribution in [2.45, 2.75) is 13.3 Å². The summed E-state index contributed by atoms with van der Waals surface area (Å²) < 4.78 is 25.0. The van der Waals surface area contributed by atoms with Gasteiger partial charge in [-0.1, -0.05) is 0 Å². The van der Waals surface area contributed by atoms with E-state index in [1.807, 2.05) is 0 Å². The van der Waals surface area contributed by atoms with Crippen molar-refractivity contribution in [3.05, 3.63) is 22.9 Å². The van der Waals surface area contributed by atoms with Gasteiger partial charge in [-0.05, 0) is 12.5 Å². The number of amides is 1. The first-order valence-corrected chi connectivity index (χ1v) is 3.78. The Morgan fingerprint density at radius 3 is 2.50 bits per heavy atom. The molecule has 0 atom stereocenters. The molecule has 0 aliphatic carbocycles. The molecular formula is C8H9F2N3O. The molecule has 1 heterocycles. The van der Waals surface area contributed by atoms with Crippen LogP contribution in [0.3, 0.4) is 0 Å². The summed E-state index contributed by atoms with van der Waals surface area (Å²) >= 11 is 0. The predicted octanol–water partition coefficient (Wildman–Crippen LogP) is 1.01. The number of rotatable bonds is 2. The Hall–Kier alpha value is -1.72. The Morgan fingerprint density at radius 2 is 2.14 bits per heavy atom. The molecule has 1 rings (SSSR count). The Labute approximate surface area is 78.9 Å². The number of aryl methyl sites for hydroxylation is 1. The van der Waals surface area contributed by atoms with E-state index in [9.17, 15) is 13.6 Å². The summed E-state index contributed by atoms with van der Waals surface area (Å²) in [6.45, 7) is 1.47. The highest BCUT2D eigenvalue weighted by atomic mass is 19.3. The van der Waals surface area contributed by atoms with Gasteiger partial charge < -0.3 is 11.5 Å². The zero-order chi connectivity index (χ0) is 10.9. The van der Waals surface area contributed by atoms with Crippen molar-refractivity contribution in [3.63, 3.8) is 0 Å². The molecule has 0 unspecified atom stereocenters. The first kappa shape index (κ1) is 10.4. The van der Waals surface area contributed by atoms with E-state index in [0.717, 1.165) is 0 Å². The molecule has 1 amide bonds. The maximum Gasteiger partial charge on any atom is 0.268 e. The second-order valence-electron chi connectivity index (χ2n) is 2.78. The largest absolute Gasteiger partial charge is 0.383 e. The SMILES string of the molecule is Cc1cnc(N)c(C(F)F)c1C(N)=O. The van der Waals surface area contributed by atoms with Crippen molar-refractivity contribution in [3.8, 4) is 0 Å². The maximum atomic E-state index is 12.5. The lowest BCUT2D eigenvalue weighted by Crippen LogP contribution is -2.18. The average molecular weight is 201 g/mol. The Morgan fingerprint density at radius 1 is 1.57 bits per heavy atom. The monoisotopic (exact) mass is 201 g/mol. The van der Waals surface area contributed by atoms with Crippen LogP contribution in [0.4, 0.5) is 14.6 Å². The van der Waals surface area contributed by atoms with Crippen LogP contribution in [-0.2, 0) is 0 Å². The average Bonchev–Trinajstić information content (AvgIpc) is 2.07. The van der Waals surface area contributed by atoms with Crippen LogP contribution in [0.25, 0.3) is 0 Å². The van der Waals surface area contributed by atoms with Crippen molar-refractivity contribution < 1.29 is 13.6 Å². The van der Waals surface area contributed by atoms with E-state index in [1.165, 1.54) is 13.1 Å². The lowest BCUT2D eigenvalue weighted by molar-refractivity contribution is 0.0985. The lowest BCUT2D eigenvalue weighted by Gasteiger charge is -2.10. The number of hydrogen-bond acceptors (Lipinski definition) is 3. The molecule has 6 heteroatoms. The summed E-state index contributed by atoms with van der Waals surface area (Å²) in [5, 5.41) is 0. The summed E-state index contributed by atoms with van der Waals surface area (Å²) in [7, 11) is 0. The summed E-state index contributed by atoms with van der Waals surface area (Å²) in [5.41, 5.74) is 9.66. The lowest BCUT2D eigenvalue weighted by atomic mass is 10.0. The third-order valence-electron chi connectivity index (χ3n) is 1.80. The minimum Gasteiger partial charge on any atom is -0.383 e. The van der Waals surface area contributed by atoms with Crippen LogP contribution in [0.1, 0.15) is 27.9 Å². The van der Waals surface area contributed by atoms with Crippen LogP contribution in [0.5, 0.6) is 0 Å². The fourth-order valence-electron chi connectivity index (χ4n) is 1.19. The van der Waals surface area contributed by atoms with Gasteiger partial charge in [0.2, 0.25) is 5.91 Å². The number of halogens is 2. The first-order chi connectivity index (χ1) is 6.45. The molecule has 0 saturated carbocycles. The molecule has 14 heavy (non-hydrogen) atoms. The molecule has 0 radical (unpaired) electrons. The van der Waals surface area contributed by atoms with E-state index >= 15 is 0 Å². The number of carbonyl (C=O) groups is 1. The van der Waals surface area contributed by atoms with Crippen molar-refractivity contribution in [1.82, 2.24) is 4.98 Å². The van der Waals surface area contributed by atoms with Gasteiger partial charge in [0.25, 0.3) is 6.43 Å². The van der Waals surface area contributed by atoms with E-state index in [-0.39, 0.29) is 11.4 Å². The van der Waals surface area contributed by atoms with E-state index in [2.05, 4.69) is 4.98 Å². The normalized spacial score (nSPS) is 10.6. The van der Waals surface area contributed by atoms with Gasteiger partial charge in [0.15, 0.2) is 0 Å². The smallest absolute Gasteiger partial charge is 0.268 e. The van der Waals surface area contributed by atoms with Crippen LogP contribution in [-0.4, -0.2) is 10.9 Å². The molecular weight excluding hydrogens is 192 g/mol. The van der Waals surface area contributed by atoms with Crippen LogP contribution < -0.4 is 11.5 Å². The second-order valence-corrected chi connectivity index (χ2v) is 2.78. The summed E-state index contributed by atoms with van der Waals surface area (Å²) in [5.74, 6) is -1.29. The number of anilines is 1. The van der Waals surface area contributed by atoms with E-state index in [4.69, 9.17) is 11.5 Å². The summed E-state index contributed by atoms with van der Waals surface area (Å²) in [4.78, 5) is 14.4. The van der Waals surface area contributed by atoms with Crippen molar-refractivity contribution in [2.24, 2.45) is 5.73 Å². The van der Waals surface area contributed by atoms with Crippen LogP contribution in [0.2, 0.25) is 0 Å². The standard InChI is InChI=1S/C8H9F2N3O/c1-3-2-13-7(11)5(6(9)10)4(3)8(12)14/h2,6H,1H3,(H2,11,13)(H2,12,14). The topological polar surface area (TPSA) is 82.0 Å². The molecule has 0 aliphatic rings. The van der Waals surface area contributed by atoms with Gasteiger partial charge in [-0.25, -0.2) is 13.8 Å². The molecule has 0 fully saturated rings. The van der Waals surface area contributed by atoms with Gasteiger partial charge in [-0.2, -0.15) is 0 Å². The number of hydrogen-bond donors (Lipinski definition) is 2. The fraction of sp³-hybridized carbons (Fsp3) is 0.250. The molecule has 0 bridgehead atoms. The predicted molar refractivity (Wildman–Crippen MR) is 46.9 cm³/mol. The van der Waals surface area contributed by atoms with E-state index in [1.54, 1.807) is 0 Å². The van der Waals surface area contributed by atoms with Crippen LogP contribution >= 0.6 is 0 Å². The molecule has 0 spiro atoms. The molecule has 0 saturated heterocycles. The molecule has 1 aromatic rings. The van der Waals surface area contributed by atoms with E-state index < -0.39 is 17.9 Å². The quantitative estimate of drug-likeness (QED) is 0.749. The Balaban J connectivity index is 3.50. The maximum absolute atomic E-state index is 12.5. The van der Waals surface area contributed by atoms with Crippen LogP contribution in [0, 0.1) is 6.92 Å². The molecule has 0 aromatic carbocycles. The third kappa shape index (κ3) is 1.63. The molecule has 4 nitrogen and oxygen atoms in total. The highest BCUT2D eigenvalue weighted by Crippen LogP contribution is 2.28. The van der Waals surface area contributed by atoms with Gasteiger partial charge in [-0.3, -0.25) is 4.79 Å². The molecule has 0 aliphatic heterocycles. The number of alkyl halides is 2.